The van der Waals surface area contributed by atoms with Crippen molar-refractivity contribution >= 4 is 32.9 Å². The van der Waals surface area contributed by atoms with E-state index < -0.39 is 15.8 Å². The van der Waals surface area contributed by atoms with Crippen molar-refractivity contribution in [3.63, 3.8) is 0 Å². The number of sulfonamides is 1. The molecule has 0 aliphatic carbocycles. The van der Waals surface area contributed by atoms with Crippen molar-refractivity contribution in [2.24, 2.45) is 0 Å². The van der Waals surface area contributed by atoms with Crippen LogP contribution >= 0.6 is 12.2 Å². The van der Waals surface area contributed by atoms with Gasteiger partial charge < -0.3 is 10.1 Å². The van der Waals surface area contributed by atoms with Gasteiger partial charge in [0.25, 0.3) is 0 Å². The number of benzene rings is 2. The molecule has 2 N–H and O–H groups in total. The molecule has 0 bridgehead atoms. The van der Waals surface area contributed by atoms with E-state index in [0.29, 0.717) is 16.3 Å². The molecule has 6 nitrogen and oxygen atoms in total. The Kier molecular flexibility index (Phi) is 7.39. The lowest BCUT2D eigenvalue weighted by Gasteiger charge is -2.19. The Morgan fingerprint density at radius 1 is 1.23 bits per heavy atom. The molecule has 2 aromatic rings. The predicted molar refractivity (Wildman–Crippen MR) is 120 cm³/mol. The normalized spacial score (nSPS) is 11.5. The van der Waals surface area contributed by atoms with Gasteiger partial charge in [0, 0.05) is 6.54 Å². The van der Waals surface area contributed by atoms with Crippen molar-refractivity contribution in [1.82, 2.24) is 5.32 Å². The Hall–Kier alpha value is -2.70. The number of anilines is 1. The summed E-state index contributed by atoms with van der Waals surface area (Å²) >= 11 is 5.24. The molecule has 9 heteroatoms. The summed E-state index contributed by atoms with van der Waals surface area (Å²) in [7, 11) is -3.71. The topological polar surface area (TPSA) is 91.2 Å². The van der Waals surface area contributed by atoms with E-state index in [1.54, 1.807) is 6.07 Å². The van der Waals surface area contributed by atoms with Gasteiger partial charge in [-0.1, -0.05) is 45.1 Å². The zero-order chi connectivity index (χ0) is 22.5. The van der Waals surface area contributed by atoms with E-state index in [9.17, 15) is 18.1 Å². The second kappa shape index (κ2) is 9.41. The van der Waals surface area contributed by atoms with Crippen LogP contribution in [0.15, 0.2) is 36.4 Å². The third-order valence-corrected chi connectivity index (χ3v) is 4.97. The molecule has 0 aliphatic rings. The molecular formula is C21H24FN3O3S2. The first-order valence-electron chi connectivity index (χ1n) is 9.09. The SMILES string of the molecule is CC(C)(C)c1ccc(OCC(=S)NCc2cc(F)c(NS(C)(=O)=O)c(C#N)c2)cc1. The fourth-order valence-corrected chi connectivity index (χ4v) is 3.30. The van der Waals surface area contributed by atoms with E-state index in [1.165, 1.54) is 11.6 Å². The summed E-state index contributed by atoms with van der Waals surface area (Å²) in [4.78, 5) is 0.409. The number of nitrogens with zero attached hydrogens (tertiary/aromatic N) is 1. The van der Waals surface area contributed by atoms with Crippen molar-refractivity contribution in [2.45, 2.75) is 32.7 Å². The van der Waals surface area contributed by atoms with Gasteiger partial charge in [0.05, 0.1) is 11.8 Å². The highest BCUT2D eigenvalue weighted by molar-refractivity contribution is 7.92. The minimum absolute atomic E-state index is 0.0549. The summed E-state index contributed by atoms with van der Waals surface area (Å²) in [6.45, 7) is 6.70. The molecule has 0 amide bonds. The number of hydrogen-bond donors (Lipinski definition) is 2. The molecule has 0 unspecified atom stereocenters. The molecule has 2 rings (SSSR count). The van der Waals surface area contributed by atoms with Crippen LogP contribution in [0.1, 0.15) is 37.5 Å². The Morgan fingerprint density at radius 2 is 1.87 bits per heavy atom. The molecule has 0 radical (unpaired) electrons. The molecular weight excluding hydrogens is 425 g/mol. The van der Waals surface area contributed by atoms with Crippen molar-refractivity contribution in [3.05, 3.63) is 58.9 Å². The van der Waals surface area contributed by atoms with Crippen molar-refractivity contribution in [3.8, 4) is 11.8 Å². The maximum atomic E-state index is 14.3. The lowest BCUT2D eigenvalue weighted by Crippen LogP contribution is -2.26. The number of halogens is 1. The van der Waals surface area contributed by atoms with Gasteiger partial charge in [-0.25, -0.2) is 12.8 Å². The molecule has 0 saturated carbocycles. The Morgan fingerprint density at radius 3 is 2.40 bits per heavy atom. The van der Waals surface area contributed by atoms with Crippen LogP contribution in [0.3, 0.4) is 0 Å². The number of hydrogen-bond acceptors (Lipinski definition) is 5. The molecule has 0 spiro atoms. The average Bonchev–Trinajstić information content (AvgIpc) is 2.65. The highest BCUT2D eigenvalue weighted by Crippen LogP contribution is 2.24. The summed E-state index contributed by atoms with van der Waals surface area (Å²) < 4.78 is 44.6. The number of thiocarbonyl (C=S) groups is 1. The summed E-state index contributed by atoms with van der Waals surface area (Å²) in [5.41, 5.74) is 1.21. The van der Waals surface area contributed by atoms with Gasteiger partial charge in [0.1, 0.15) is 34.9 Å². The highest BCUT2D eigenvalue weighted by atomic mass is 32.2. The molecule has 0 heterocycles. The molecule has 2 aromatic carbocycles. The second-order valence-electron chi connectivity index (χ2n) is 7.83. The number of rotatable bonds is 7. The molecule has 0 aromatic heterocycles. The number of nitriles is 1. The minimum atomic E-state index is -3.71. The molecule has 0 aliphatic heterocycles. The third-order valence-electron chi connectivity index (χ3n) is 4.14. The first-order chi connectivity index (χ1) is 13.9. The van der Waals surface area contributed by atoms with E-state index >= 15 is 0 Å². The summed E-state index contributed by atoms with van der Waals surface area (Å²) in [6.07, 6.45) is 0.887. The van der Waals surface area contributed by atoms with Crippen molar-refractivity contribution < 1.29 is 17.5 Å². The fraction of sp³-hybridized carbons (Fsp3) is 0.333. The van der Waals surface area contributed by atoms with Crippen LogP contribution < -0.4 is 14.8 Å². The molecule has 160 valence electrons. The highest BCUT2D eigenvalue weighted by Gasteiger charge is 2.15. The van der Waals surface area contributed by atoms with Crippen LogP contribution in [0.5, 0.6) is 5.75 Å². The lowest BCUT2D eigenvalue weighted by molar-refractivity contribution is 0.374. The molecule has 0 atom stereocenters. The summed E-state index contributed by atoms with van der Waals surface area (Å²) in [5.74, 6) is -0.154. The van der Waals surface area contributed by atoms with Gasteiger partial charge in [0.2, 0.25) is 10.0 Å². The van der Waals surface area contributed by atoms with Gasteiger partial charge in [-0.3, -0.25) is 4.72 Å². The van der Waals surface area contributed by atoms with Gasteiger partial charge in [-0.15, -0.1) is 0 Å². The van der Waals surface area contributed by atoms with Crippen molar-refractivity contribution in [2.75, 3.05) is 17.6 Å². The van der Waals surface area contributed by atoms with Gasteiger partial charge in [0.15, 0.2) is 0 Å². The molecule has 30 heavy (non-hydrogen) atoms. The maximum Gasteiger partial charge on any atom is 0.229 e. The third kappa shape index (κ3) is 6.97. The van der Waals surface area contributed by atoms with Crippen LogP contribution in [0.2, 0.25) is 0 Å². The summed E-state index contributed by atoms with van der Waals surface area (Å²) in [5, 5.41) is 12.1. The zero-order valence-corrected chi connectivity index (χ0v) is 18.9. The standard InChI is InChI=1S/C21H24FN3O3S2/c1-21(2,3)16-5-7-17(8-6-16)28-13-19(29)24-12-14-9-15(11-23)20(18(22)10-14)25-30(4,26)27/h5-10,25H,12-13H2,1-4H3,(H,24,29). The fourth-order valence-electron chi connectivity index (χ4n) is 2.59. The first-order valence-corrected chi connectivity index (χ1v) is 11.4. The Labute approximate surface area is 182 Å². The van der Waals surface area contributed by atoms with Gasteiger partial charge >= 0.3 is 0 Å². The lowest BCUT2D eigenvalue weighted by atomic mass is 9.87. The zero-order valence-electron chi connectivity index (χ0n) is 17.2. The number of ether oxygens (including phenoxy) is 1. The first kappa shape index (κ1) is 23.6. The van der Waals surface area contributed by atoms with E-state index in [1.807, 2.05) is 29.0 Å². The monoisotopic (exact) mass is 449 g/mol. The van der Waals surface area contributed by atoms with E-state index in [0.717, 1.165) is 12.3 Å². The Bertz CT molecular complexity index is 1070. The second-order valence-corrected chi connectivity index (χ2v) is 10.1. The van der Waals surface area contributed by atoms with Gasteiger partial charge in [-0.05, 0) is 40.8 Å². The van der Waals surface area contributed by atoms with Gasteiger partial charge in [-0.2, -0.15) is 5.26 Å². The van der Waals surface area contributed by atoms with E-state index in [-0.39, 0.29) is 29.8 Å². The van der Waals surface area contributed by atoms with Crippen LogP contribution in [0.25, 0.3) is 0 Å². The van der Waals surface area contributed by atoms with E-state index in [4.69, 9.17) is 17.0 Å². The van der Waals surface area contributed by atoms with Crippen LogP contribution in [-0.4, -0.2) is 26.3 Å². The van der Waals surface area contributed by atoms with Crippen LogP contribution in [0, 0.1) is 17.1 Å². The molecule has 0 fully saturated rings. The van der Waals surface area contributed by atoms with E-state index in [2.05, 4.69) is 26.1 Å². The predicted octanol–water partition coefficient (Wildman–Crippen LogP) is 3.86. The minimum Gasteiger partial charge on any atom is -0.486 e. The average molecular weight is 450 g/mol. The van der Waals surface area contributed by atoms with Crippen molar-refractivity contribution in [1.29, 1.82) is 5.26 Å². The Balaban J connectivity index is 1.96. The maximum absolute atomic E-state index is 14.3. The van der Waals surface area contributed by atoms with Crippen LogP contribution in [0.4, 0.5) is 10.1 Å². The quantitative estimate of drug-likeness (QED) is 0.624. The molecule has 0 saturated heterocycles. The largest absolute Gasteiger partial charge is 0.486 e. The van der Waals surface area contributed by atoms with Crippen LogP contribution in [-0.2, 0) is 22.0 Å². The number of nitrogens with one attached hydrogen (secondary N) is 2. The smallest absolute Gasteiger partial charge is 0.229 e. The summed E-state index contributed by atoms with van der Waals surface area (Å²) in [6, 6.07) is 12.1.